The Labute approximate surface area is 179 Å². The van der Waals surface area contributed by atoms with E-state index < -0.39 is 5.41 Å². The lowest BCUT2D eigenvalue weighted by Crippen LogP contribution is -2.51. The van der Waals surface area contributed by atoms with Crippen molar-refractivity contribution in [3.8, 4) is 0 Å². The van der Waals surface area contributed by atoms with Crippen LogP contribution >= 0.6 is 11.6 Å². The van der Waals surface area contributed by atoms with Crippen molar-refractivity contribution < 1.29 is 14.3 Å². The lowest BCUT2D eigenvalue weighted by atomic mass is 9.73. The molecule has 0 N–H and O–H groups in total. The second kappa shape index (κ2) is 9.94. The average Bonchev–Trinajstić information content (AvgIpc) is 2.75. The largest absolute Gasteiger partial charge is 0.466 e. The third kappa shape index (κ3) is 5.32. The maximum absolute atomic E-state index is 13.1. The molecule has 2 heterocycles. The van der Waals surface area contributed by atoms with Gasteiger partial charge in [0.25, 0.3) is 0 Å². The van der Waals surface area contributed by atoms with Gasteiger partial charge in [0.1, 0.15) is 0 Å². The first-order valence-electron chi connectivity index (χ1n) is 10.9. The molecule has 3 rings (SSSR count). The van der Waals surface area contributed by atoms with Gasteiger partial charge in [0.15, 0.2) is 0 Å². The molecule has 1 aromatic rings. The fourth-order valence-corrected chi connectivity index (χ4v) is 4.81. The molecule has 2 aliphatic rings. The van der Waals surface area contributed by atoms with Gasteiger partial charge in [0, 0.05) is 24.7 Å². The smallest absolute Gasteiger partial charge is 0.312 e. The Balaban J connectivity index is 1.67. The predicted molar refractivity (Wildman–Crippen MR) is 115 cm³/mol. The summed E-state index contributed by atoms with van der Waals surface area (Å²) in [4.78, 5) is 30.3. The molecule has 160 valence electrons. The SMILES string of the molecule is CCOC(=O)C1(Cc2ccc(Cl)cc2)CCN(C(=O)C2CCCN(CC)C2)CC1. The van der Waals surface area contributed by atoms with Crippen molar-refractivity contribution >= 4 is 23.5 Å². The molecule has 0 aliphatic carbocycles. The molecule has 1 unspecified atom stereocenters. The normalized spacial score (nSPS) is 22.3. The van der Waals surface area contributed by atoms with Gasteiger partial charge in [0.2, 0.25) is 5.91 Å². The van der Waals surface area contributed by atoms with Crippen LogP contribution in [0.3, 0.4) is 0 Å². The molecule has 0 bridgehead atoms. The average molecular weight is 421 g/mol. The van der Waals surface area contributed by atoms with E-state index in [4.69, 9.17) is 16.3 Å². The zero-order valence-electron chi connectivity index (χ0n) is 17.7. The molecule has 2 aliphatic heterocycles. The van der Waals surface area contributed by atoms with Gasteiger partial charge in [-0.3, -0.25) is 9.59 Å². The number of likely N-dealkylation sites (tertiary alicyclic amines) is 2. The molecule has 2 fully saturated rings. The van der Waals surface area contributed by atoms with Crippen molar-refractivity contribution in [2.75, 3.05) is 39.3 Å². The van der Waals surface area contributed by atoms with Crippen LogP contribution in [0, 0.1) is 11.3 Å². The Hall–Kier alpha value is -1.59. The van der Waals surface area contributed by atoms with Crippen LogP contribution in [0.25, 0.3) is 0 Å². The van der Waals surface area contributed by atoms with Gasteiger partial charge in [-0.05, 0) is 69.8 Å². The van der Waals surface area contributed by atoms with E-state index in [1.165, 1.54) is 0 Å². The quantitative estimate of drug-likeness (QED) is 0.657. The zero-order valence-corrected chi connectivity index (χ0v) is 18.4. The highest BCUT2D eigenvalue weighted by Gasteiger charge is 2.44. The van der Waals surface area contributed by atoms with Crippen LogP contribution in [0.15, 0.2) is 24.3 Å². The van der Waals surface area contributed by atoms with Crippen molar-refractivity contribution in [3.05, 3.63) is 34.9 Å². The molecule has 0 saturated carbocycles. The minimum atomic E-state index is -0.567. The molecule has 0 radical (unpaired) electrons. The minimum Gasteiger partial charge on any atom is -0.466 e. The van der Waals surface area contributed by atoms with E-state index in [0.29, 0.717) is 44.0 Å². The van der Waals surface area contributed by atoms with Crippen LogP contribution in [0.5, 0.6) is 0 Å². The van der Waals surface area contributed by atoms with Gasteiger partial charge >= 0.3 is 5.97 Å². The number of hydrogen-bond acceptors (Lipinski definition) is 4. The first-order valence-corrected chi connectivity index (χ1v) is 11.3. The van der Waals surface area contributed by atoms with Gasteiger partial charge in [-0.2, -0.15) is 0 Å². The summed E-state index contributed by atoms with van der Waals surface area (Å²) in [6.07, 6.45) is 3.97. The summed E-state index contributed by atoms with van der Waals surface area (Å²) in [5, 5.41) is 0.688. The number of carbonyl (C=O) groups is 2. The maximum Gasteiger partial charge on any atom is 0.312 e. The molecule has 5 nitrogen and oxygen atoms in total. The van der Waals surface area contributed by atoms with Crippen molar-refractivity contribution in [1.29, 1.82) is 0 Å². The maximum atomic E-state index is 13.1. The Morgan fingerprint density at radius 1 is 1.14 bits per heavy atom. The standard InChI is InChI=1S/C23H33ClN2O3/c1-3-25-13-5-6-19(17-25)21(27)26-14-11-23(12-15-26,22(28)29-4-2)16-18-7-9-20(24)10-8-18/h7-10,19H,3-6,11-17H2,1-2H3. The summed E-state index contributed by atoms with van der Waals surface area (Å²) in [5.41, 5.74) is 0.510. The first-order chi connectivity index (χ1) is 14.0. The summed E-state index contributed by atoms with van der Waals surface area (Å²) < 4.78 is 5.45. The molecule has 2 saturated heterocycles. The van der Waals surface area contributed by atoms with E-state index in [1.807, 2.05) is 36.1 Å². The predicted octanol–water partition coefficient (Wildman–Crippen LogP) is 3.79. The van der Waals surface area contributed by atoms with Crippen LogP contribution in [-0.2, 0) is 20.7 Å². The number of nitrogens with zero attached hydrogens (tertiary/aromatic N) is 2. The number of carbonyl (C=O) groups excluding carboxylic acids is 2. The van der Waals surface area contributed by atoms with Crippen molar-refractivity contribution in [1.82, 2.24) is 9.80 Å². The third-order valence-electron chi connectivity index (χ3n) is 6.50. The highest BCUT2D eigenvalue weighted by Crippen LogP contribution is 2.37. The lowest BCUT2D eigenvalue weighted by Gasteiger charge is -2.42. The fraction of sp³-hybridized carbons (Fsp3) is 0.652. The number of esters is 1. The van der Waals surface area contributed by atoms with E-state index in [9.17, 15) is 9.59 Å². The molecular weight excluding hydrogens is 388 g/mol. The second-order valence-corrected chi connectivity index (χ2v) is 8.80. The molecule has 6 heteroatoms. The Morgan fingerprint density at radius 3 is 2.45 bits per heavy atom. The van der Waals surface area contributed by atoms with Gasteiger partial charge in [0.05, 0.1) is 17.9 Å². The number of piperidine rings is 2. The summed E-state index contributed by atoms with van der Waals surface area (Å²) in [5.74, 6) is 0.207. The van der Waals surface area contributed by atoms with Crippen LogP contribution < -0.4 is 0 Å². The van der Waals surface area contributed by atoms with Crippen LogP contribution in [0.4, 0.5) is 0 Å². The fourth-order valence-electron chi connectivity index (χ4n) is 4.69. The highest BCUT2D eigenvalue weighted by molar-refractivity contribution is 6.30. The first kappa shape index (κ1) is 22.1. The van der Waals surface area contributed by atoms with Gasteiger partial charge < -0.3 is 14.5 Å². The number of hydrogen-bond donors (Lipinski definition) is 0. The van der Waals surface area contributed by atoms with E-state index in [0.717, 1.165) is 38.0 Å². The molecule has 1 amide bonds. The second-order valence-electron chi connectivity index (χ2n) is 8.36. The summed E-state index contributed by atoms with van der Waals surface area (Å²) in [7, 11) is 0. The Morgan fingerprint density at radius 2 is 1.83 bits per heavy atom. The number of rotatable bonds is 6. The number of ether oxygens (including phenoxy) is 1. The molecule has 1 aromatic carbocycles. The number of halogens is 1. The van der Waals surface area contributed by atoms with E-state index in [2.05, 4.69) is 11.8 Å². The van der Waals surface area contributed by atoms with E-state index in [1.54, 1.807) is 0 Å². The van der Waals surface area contributed by atoms with Crippen molar-refractivity contribution in [2.24, 2.45) is 11.3 Å². The highest BCUT2D eigenvalue weighted by atomic mass is 35.5. The van der Waals surface area contributed by atoms with Gasteiger partial charge in [-0.15, -0.1) is 0 Å². The number of benzene rings is 1. The lowest BCUT2D eigenvalue weighted by molar-refractivity contribution is -0.161. The van der Waals surface area contributed by atoms with Crippen LogP contribution in [0.1, 0.15) is 45.1 Å². The number of amides is 1. The monoisotopic (exact) mass is 420 g/mol. The molecule has 0 spiro atoms. The van der Waals surface area contributed by atoms with Gasteiger partial charge in [-0.1, -0.05) is 30.7 Å². The molecule has 29 heavy (non-hydrogen) atoms. The van der Waals surface area contributed by atoms with Crippen LogP contribution in [-0.4, -0.2) is 61.0 Å². The summed E-state index contributed by atoms with van der Waals surface area (Å²) in [6, 6.07) is 7.66. The van der Waals surface area contributed by atoms with Crippen molar-refractivity contribution in [3.63, 3.8) is 0 Å². The molecule has 0 aromatic heterocycles. The van der Waals surface area contributed by atoms with Gasteiger partial charge in [-0.25, -0.2) is 0 Å². The molecular formula is C23H33ClN2O3. The van der Waals surface area contributed by atoms with Crippen molar-refractivity contribution in [2.45, 2.75) is 46.0 Å². The minimum absolute atomic E-state index is 0.0926. The topological polar surface area (TPSA) is 49.9 Å². The molecule has 1 atom stereocenters. The van der Waals surface area contributed by atoms with E-state index >= 15 is 0 Å². The Bertz CT molecular complexity index is 699. The van der Waals surface area contributed by atoms with Crippen LogP contribution in [0.2, 0.25) is 5.02 Å². The van der Waals surface area contributed by atoms with E-state index in [-0.39, 0.29) is 17.8 Å². The zero-order chi connectivity index (χ0) is 20.9. The third-order valence-corrected chi connectivity index (χ3v) is 6.75. The Kier molecular flexibility index (Phi) is 7.58. The summed E-state index contributed by atoms with van der Waals surface area (Å²) in [6.45, 7) is 8.55. The summed E-state index contributed by atoms with van der Waals surface area (Å²) >= 11 is 6.01.